The first-order valence-electron chi connectivity index (χ1n) is 10.4. The lowest BCUT2D eigenvalue weighted by molar-refractivity contribution is -0.123. The fourth-order valence-electron chi connectivity index (χ4n) is 4.31. The molecule has 172 valence electrons. The van der Waals surface area contributed by atoms with Gasteiger partial charge < -0.3 is 20.3 Å². The lowest BCUT2D eigenvalue weighted by Gasteiger charge is -2.29. The highest BCUT2D eigenvalue weighted by Crippen LogP contribution is 2.57. The Morgan fingerprint density at radius 1 is 1.24 bits per heavy atom. The van der Waals surface area contributed by atoms with Gasteiger partial charge in [0.15, 0.2) is 23.2 Å². The van der Waals surface area contributed by atoms with Gasteiger partial charge in [-0.1, -0.05) is 0 Å². The molecule has 33 heavy (non-hydrogen) atoms. The minimum atomic E-state index is -1.53. The van der Waals surface area contributed by atoms with Gasteiger partial charge in [-0.3, -0.25) is 19.1 Å². The van der Waals surface area contributed by atoms with Crippen LogP contribution in [0.4, 0.5) is 0 Å². The van der Waals surface area contributed by atoms with Gasteiger partial charge in [-0.15, -0.1) is 0 Å². The highest BCUT2D eigenvalue weighted by molar-refractivity contribution is 6.31. The van der Waals surface area contributed by atoms with Gasteiger partial charge >= 0.3 is 0 Å². The molecule has 2 aliphatic rings. The van der Waals surface area contributed by atoms with E-state index >= 15 is 0 Å². The number of carbonyl (C=O) groups excluding carboxylic acids is 3. The van der Waals surface area contributed by atoms with E-state index in [0.29, 0.717) is 24.5 Å². The van der Waals surface area contributed by atoms with Gasteiger partial charge in [0, 0.05) is 37.3 Å². The number of nitrogens with one attached hydrogen (secondary N) is 1. The second kappa shape index (κ2) is 7.58. The van der Waals surface area contributed by atoms with E-state index in [4.69, 9.17) is 4.74 Å². The lowest BCUT2D eigenvalue weighted by Crippen LogP contribution is -2.41. The van der Waals surface area contributed by atoms with Crippen LogP contribution >= 0.6 is 0 Å². The Balaban J connectivity index is 1.76. The van der Waals surface area contributed by atoms with Crippen molar-refractivity contribution in [3.63, 3.8) is 0 Å². The summed E-state index contributed by atoms with van der Waals surface area (Å²) in [6.45, 7) is 6.24. The SMILES string of the molecule is CC(=O)c1c(O)c(C)c(O)c2c1OC1=CC(=O)C(=C(C)NCCc3ncn(C)n3)C(=O)C12C. The van der Waals surface area contributed by atoms with E-state index in [1.165, 1.54) is 26.8 Å². The largest absolute Gasteiger partial charge is 0.507 e. The van der Waals surface area contributed by atoms with E-state index in [0.717, 1.165) is 0 Å². The molecule has 1 aliphatic carbocycles. The topological polar surface area (TPSA) is 144 Å². The first-order chi connectivity index (χ1) is 15.5. The van der Waals surface area contributed by atoms with Gasteiger partial charge in [-0.05, 0) is 27.7 Å². The van der Waals surface area contributed by atoms with Crippen LogP contribution in [0.1, 0.15) is 48.1 Å². The van der Waals surface area contributed by atoms with Gasteiger partial charge in [0.2, 0.25) is 0 Å². The molecule has 1 aliphatic heterocycles. The molecule has 0 saturated carbocycles. The van der Waals surface area contributed by atoms with Crippen LogP contribution in [0.3, 0.4) is 0 Å². The molecule has 1 unspecified atom stereocenters. The Labute approximate surface area is 189 Å². The molecule has 1 aromatic carbocycles. The molecule has 4 rings (SSSR count). The summed E-state index contributed by atoms with van der Waals surface area (Å²) in [7, 11) is 1.76. The van der Waals surface area contributed by atoms with E-state index in [-0.39, 0.29) is 39.5 Å². The van der Waals surface area contributed by atoms with Crippen molar-refractivity contribution in [1.82, 2.24) is 20.1 Å². The van der Waals surface area contributed by atoms with Crippen molar-refractivity contribution in [2.24, 2.45) is 7.05 Å². The summed E-state index contributed by atoms with van der Waals surface area (Å²) >= 11 is 0. The molecule has 2 aromatic rings. The molecule has 0 spiro atoms. The van der Waals surface area contributed by atoms with Crippen molar-refractivity contribution in [1.29, 1.82) is 0 Å². The molecule has 10 heteroatoms. The average Bonchev–Trinajstić information content (AvgIpc) is 3.27. The number of aromatic nitrogens is 3. The van der Waals surface area contributed by atoms with Crippen LogP contribution < -0.4 is 10.1 Å². The maximum absolute atomic E-state index is 13.7. The van der Waals surface area contributed by atoms with Crippen molar-refractivity contribution in [2.75, 3.05) is 6.54 Å². The summed E-state index contributed by atoms with van der Waals surface area (Å²) in [5, 5.41) is 28.5. The minimum absolute atomic E-state index is 0.00420. The molecule has 0 bridgehead atoms. The number of Topliss-reactive ketones (excluding diaryl/α,β-unsaturated/α-hetero) is 2. The maximum Gasteiger partial charge on any atom is 0.194 e. The number of aryl methyl sites for hydroxylation is 1. The van der Waals surface area contributed by atoms with Gasteiger partial charge in [-0.25, -0.2) is 4.98 Å². The molecule has 0 fully saturated rings. The Morgan fingerprint density at radius 2 is 1.94 bits per heavy atom. The number of carbonyl (C=O) groups is 3. The van der Waals surface area contributed by atoms with Gasteiger partial charge in [0.25, 0.3) is 0 Å². The molecule has 0 radical (unpaired) electrons. The summed E-state index contributed by atoms with van der Waals surface area (Å²) in [5.74, 6) is -1.87. The number of phenols is 2. The molecule has 2 heterocycles. The minimum Gasteiger partial charge on any atom is -0.507 e. The summed E-state index contributed by atoms with van der Waals surface area (Å²) in [5.41, 5.74) is -1.25. The van der Waals surface area contributed by atoms with Gasteiger partial charge in [0.1, 0.15) is 40.3 Å². The van der Waals surface area contributed by atoms with Crippen molar-refractivity contribution < 1.29 is 29.3 Å². The Morgan fingerprint density at radius 3 is 2.55 bits per heavy atom. The number of allylic oxidation sites excluding steroid dienone is 4. The second-order valence-corrected chi connectivity index (χ2v) is 8.40. The Hall–Kier alpha value is -3.95. The number of hydrogen-bond donors (Lipinski definition) is 3. The van der Waals surface area contributed by atoms with Gasteiger partial charge in [-0.2, -0.15) is 5.10 Å². The monoisotopic (exact) mass is 452 g/mol. The molecular weight excluding hydrogens is 428 g/mol. The zero-order valence-corrected chi connectivity index (χ0v) is 18.9. The first-order valence-corrected chi connectivity index (χ1v) is 10.4. The normalized spacial score (nSPS) is 20.7. The van der Waals surface area contributed by atoms with Crippen LogP contribution in [0.5, 0.6) is 17.2 Å². The van der Waals surface area contributed by atoms with Crippen LogP contribution in [0.25, 0.3) is 0 Å². The average molecular weight is 452 g/mol. The predicted octanol–water partition coefficient (Wildman–Crippen LogP) is 1.53. The third-order valence-electron chi connectivity index (χ3n) is 6.15. The summed E-state index contributed by atoms with van der Waals surface area (Å²) < 4.78 is 7.33. The van der Waals surface area contributed by atoms with Crippen molar-refractivity contribution in [2.45, 2.75) is 39.5 Å². The summed E-state index contributed by atoms with van der Waals surface area (Å²) in [6.07, 6.45) is 3.26. The van der Waals surface area contributed by atoms with Crippen LogP contribution in [-0.4, -0.2) is 48.9 Å². The number of ketones is 3. The highest BCUT2D eigenvalue weighted by atomic mass is 16.5. The molecule has 10 nitrogen and oxygen atoms in total. The van der Waals surface area contributed by atoms with Crippen molar-refractivity contribution in [3.05, 3.63) is 51.9 Å². The zero-order chi connectivity index (χ0) is 24.2. The number of hydrogen-bond acceptors (Lipinski definition) is 9. The van der Waals surface area contributed by atoms with E-state index in [2.05, 4.69) is 15.4 Å². The number of nitrogens with zero attached hydrogens (tertiary/aromatic N) is 3. The van der Waals surface area contributed by atoms with E-state index in [1.807, 2.05) is 0 Å². The van der Waals surface area contributed by atoms with Crippen LogP contribution in [0.2, 0.25) is 0 Å². The molecular formula is C23H24N4O6. The number of phenolic OH excluding ortho intramolecular Hbond substituents is 2. The number of ether oxygens (including phenoxy) is 1. The number of fused-ring (bicyclic) bond motifs is 3. The fraction of sp³-hybridized carbons (Fsp3) is 0.348. The summed E-state index contributed by atoms with van der Waals surface area (Å²) in [6, 6.07) is 0. The molecule has 0 amide bonds. The van der Waals surface area contributed by atoms with E-state index in [9.17, 15) is 24.6 Å². The van der Waals surface area contributed by atoms with Crippen LogP contribution in [0.15, 0.2) is 29.4 Å². The van der Waals surface area contributed by atoms with Crippen molar-refractivity contribution >= 4 is 17.3 Å². The molecule has 3 N–H and O–H groups in total. The smallest absolute Gasteiger partial charge is 0.194 e. The molecule has 1 aromatic heterocycles. The number of aromatic hydroxyl groups is 2. The lowest BCUT2D eigenvalue weighted by atomic mass is 9.70. The Bertz CT molecular complexity index is 1300. The molecule has 0 saturated heterocycles. The maximum atomic E-state index is 13.7. The van der Waals surface area contributed by atoms with Crippen LogP contribution in [-0.2, 0) is 28.5 Å². The quantitative estimate of drug-likeness (QED) is 0.349. The third kappa shape index (κ3) is 3.21. The highest BCUT2D eigenvalue weighted by Gasteiger charge is 2.56. The van der Waals surface area contributed by atoms with Gasteiger partial charge in [0.05, 0.1) is 11.1 Å². The van der Waals surface area contributed by atoms with E-state index in [1.54, 1.807) is 25.0 Å². The number of benzene rings is 1. The van der Waals surface area contributed by atoms with E-state index < -0.39 is 28.5 Å². The zero-order valence-electron chi connectivity index (χ0n) is 18.9. The number of rotatable bonds is 5. The Kier molecular flexibility index (Phi) is 5.11. The predicted molar refractivity (Wildman–Crippen MR) is 116 cm³/mol. The van der Waals surface area contributed by atoms with Crippen molar-refractivity contribution in [3.8, 4) is 17.2 Å². The third-order valence-corrected chi connectivity index (χ3v) is 6.15. The first kappa shape index (κ1) is 22.3. The standard InChI is InChI=1S/C23H24N4O6/c1-10-19(30)17(12(3)28)21-18(20(10)31)23(4)14(33-21)8-13(29)16(22(23)32)11(2)24-7-6-15-25-9-27(5)26-15/h8-9,24,30-31H,6-7H2,1-5H3. The summed E-state index contributed by atoms with van der Waals surface area (Å²) in [4.78, 5) is 42.9. The fourth-order valence-corrected chi connectivity index (χ4v) is 4.31. The van der Waals surface area contributed by atoms with Crippen LogP contribution in [0, 0.1) is 6.92 Å². The molecule has 1 atom stereocenters. The second-order valence-electron chi connectivity index (χ2n) is 8.40.